The van der Waals surface area contributed by atoms with Gasteiger partial charge in [0.1, 0.15) is 6.17 Å². The van der Waals surface area contributed by atoms with Gasteiger partial charge in [0.2, 0.25) is 9.70 Å². The molecule has 1 amide bonds. The first-order valence-electron chi connectivity index (χ1n) is 9.28. The van der Waals surface area contributed by atoms with Gasteiger partial charge in [-0.15, -0.1) is 0 Å². The molecule has 4 atom stereocenters. The number of rotatable bonds is 6. The zero-order valence-electron chi connectivity index (χ0n) is 15.9. The highest BCUT2D eigenvalue weighted by Gasteiger charge is 2.41. The predicted molar refractivity (Wildman–Crippen MR) is 116 cm³/mol. The van der Waals surface area contributed by atoms with Crippen LogP contribution in [0.1, 0.15) is 33.1 Å². The van der Waals surface area contributed by atoms with Gasteiger partial charge in [-0.1, -0.05) is 53.3 Å². The smallest absolute Gasteiger partial charge is 0.230 e. The number of amides is 1. The Labute approximate surface area is 182 Å². The van der Waals surface area contributed by atoms with Crippen LogP contribution in [0.2, 0.25) is 5.02 Å². The number of nitrogens with one attached hydrogen (secondary N) is 2. The first-order chi connectivity index (χ1) is 12.5. The number of hydrogen-bond acceptors (Lipinski definition) is 2. The Kier molecular flexibility index (Phi) is 7.98. The lowest BCUT2D eigenvalue weighted by Gasteiger charge is -2.46. The standard InChI is InChI=1S/C19H27Cl4N3O/c1-4-11-26(3)12-14(6-5-13(26)2)17(27)25-18(19(21,22)23)24-16-9-7-15(20)8-10-16/h7-10,13-14,18,24H,4-6,11-12H2,1-3H3/p+1. The van der Waals surface area contributed by atoms with Crippen LogP contribution in [-0.4, -0.2) is 46.5 Å². The summed E-state index contributed by atoms with van der Waals surface area (Å²) < 4.78 is -0.795. The maximum Gasteiger partial charge on any atom is 0.230 e. The van der Waals surface area contributed by atoms with Gasteiger partial charge in [0, 0.05) is 17.1 Å². The Morgan fingerprint density at radius 1 is 1.26 bits per heavy atom. The normalized spacial score (nSPS) is 27.1. The number of hydrogen-bond donors (Lipinski definition) is 2. The fourth-order valence-electron chi connectivity index (χ4n) is 3.74. The molecule has 0 spiro atoms. The molecule has 4 unspecified atom stereocenters. The molecule has 1 aliphatic heterocycles. The molecule has 8 heteroatoms. The molecule has 2 rings (SSSR count). The number of benzene rings is 1. The molecule has 1 aromatic carbocycles. The fraction of sp³-hybridized carbons (Fsp3) is 0.632. The predicted octanol–water partition coefficient (Wildman–Crippen LogP) is 5.22. The highest BCUT2D eigenvalue weighted by molar-refractivity contribution is 6.68. The number of likely N-dealkylation sites (tertiary alicyclic amines) is 1. The highest BCUT2D eigenvalue weighted by Crippen LogP contribution is 2.33. The van der Waals surface area contributed by atoms with E-state index in [1.807, 2.05) is 0 Å². The van der Waals surface area contributed by atoms with Crippen molar-refractivity contribution >= 4 is 58.0 Å². The molecule has 0 aliphatic carbocycles. The summed E-state index contributed by atoms with van der Waals surface area (Å²) in [5.41, 5.74) is 0.708. The monoisotopic (exact) mass is 454 g/mol. The summed E-state index contributed by atoms with van der Waals surface area (Å²) in [6.07, 6.45) is 2.10. The van der Waals surface area contributed by atoms with Crippen molar-refractivity contribution in [2.24, 2.45) is 5.92 Å². The second kappa shape index (κ2) is 9.41. The van der Waals surface area contributed by atoms with E-state index in [4.69, 9.17) is 46.4 Å². The molecule has 1 fully saturated rings. The minimum absolute atomic E-state index is 0.0832. The molecular formula is C19H28Cl4N3O+. The van der Waals surface area contributed by atoms with Gasteiger partial charge in [-0.2, -0.15) is 0 Å². The van der Waals surface area contributed by atoms with Crippen molar-refractivity contribution in [3.8, 4) is 0 Å². The summed E-state index contributed by atoms with van der Waals surface area (Å²) >= 11 is 24.3. The SMILES string of the molecule is CCC[N+]1(C)CC(C(=O)NC(Nc2ccc(Cl)cc2)C(Cl)(Cl)Cl)CCC1C. The Hall–Kier alpha value is -0.390. The number of carbonyl (C=O) groups excluding carboxylic acids is 1. The molecule has 1 heterocycles. The summed E-state index contributed by atoms with van der Waals surface area (Å²) in [6.45, 7) is 6.29. The van der Waals surface area contributed by atoms with E-state index < -0.39 is 9.96 Å². The average Bonchev–Trinajstić information content (AvgIpc) is 2.58. The van der Waals surface area contributed by atoms with Gasteiger partial charge in [-0.05, 0) is 44.0 Å². The molecule has 1 aliphatic rings. The lowest BCUT2D eigenvalue weighted by atomic mass is 9.90. The van der Waals surface area contributed by atoms with E-state index >= 15 is 0 Å². The van der Waals surface area contributed by atoms with Gasteiger partial charge in [0.25, 0.3) is 0 Å². The third kappa shape index (κ3) is 6.30. The maximum atomic E-state index is 12.9. The minimum atomic E-state index is -1.70. The number of carbonyl (C=O) groups is 1. The largest absolute Gasteiger partial charge is 0.362 e. The quantitative estimate of drug-likeness (QED) is 0.350. The van der Waals surface area contributed by atoms with Crippen molar-refractivity contribution < 1.29 is 9.28 Å². The van der Waals surface area contributed by atoms with E-state index in [-0.39, 0.29) is 11.8 Å². The van der Waals surface area contributed by atoms with Crippen LogP contribution in [0.15, 0.2) is 24.3 Å². The van der Waals surface area contributed by atoms with E-state index in [9.17, 15) is 4.79 Å². The number of anilines is 1. The second-order valence-electron chi connectivity index (χ2n) is 7.64. The molecule has 152 valence electrons. The van der Waals surface area contributed by atoms with E-state index in [0.29, 0.717) is 16.8 Å². The lowest BCUT2D eigenvalue weighted by molar-refractivity contribution is -0.938. The number of nitrogens with zero attached hydrogens (tertiary/aromatic N) is 1. The molecule has 0 bridgehead atoms. The van der Waals surface area contributed by atoms with Gasteiger partial charge >= 0.3 is 0 Å². The van der Waals surface area contributed by atoms with Crippen LogP contribution in [0, 0.1) is 5.92 Å². The van der Waals surface area contributed by atoms with E-state index in [1.165, 1.54) is 0 Å². The van der Waals surface area contributed by atoms with Crippen molar-refractivity contribution in [3.05, 3.63) is 29.3 Å². The number of quaternary nitrogens is 1. The molecule has 0 radical (unpaired) electrons. The Morgan fingerprint density at radius 2 is 1.89 bits per heavy atom. The summed E-state index contributed by atoms with van der Waals surface area (Å²) in [5, 5.41) is 6.59. The van der Waals surface area contributed by atoms with E-state index in [1.54, 1.807) is 24.3 Å². The van der Waals surface area contributed by atoms with E-state index in [0.717, 1.165) is 36.8 Å². The van der Waals surface area contributed by atoms with Crippen molar-refractivity contribution in [3.63, 3.8) is 0 Å². The Balaban J connectivity index is 2.08. The fourth-order valence-corrected chi connectivity index (χ4v) is 4.19. The Bertz CT molecular complexity index is 635. The highest BCUT2D eigenvalue weighted by atomic mass is 35.6. The van der Waals surface area contributed by atoms with Crippen LogP contribution in [0.5, 0.6) is 0 Å². The number of halogens is 4. The molecule has 1 aromatic rings. The first kappa shape index (κ1) is 22.9. The van der Waals surface area contributed by atoms with Gasteiger partial charge in [-0.25, -0.2) is 0 Å². The van der Waals surface area contributed by atoms with Crippen molar-refractivity contribution in [2.75, 3.05) is 25.5 Å². The molecule has 0 aromatic heterocycles. The zero-order valence-corrected chi connectivity index (χ0v) is 19.0. The summed E-state index contributed by atoms with van der Waals surface area (Å²) in [7, 11) is 2.23. The molecule has 27 heavy (non-hydrogen) atoms. The van der Waals surface area contributed by atoms with Gasteiger partial charge < -0.3 is 15.1 Å². The zero-order chi connectivity index (χ0) is 20.2. The maximum absolute atomic E-state index is 12.9. The molecular weight excluding hydrogens is 428 g/mol. The van der Waals surface area contributed by atoms with Crippen molar-refractivity contribution in [2.45, 2.75) is 49.1 Å². The minimum Gasteiger partial charge on any atom is -0.362 e. The van der Waals surface area contributed by atoms with Crippen LogP contribution < -0.4 is 10.6 Å². The van der Waals surface area contributed by atoms with Crippen molar-refractivity contribution in [1.29, 1.82) is 0 Å². The van der Waals surface area contributed by atoms with Gasteiger partial charge in [-0.3, -0.25) is 4.79 Å². The first-order valence-corrected chi connectivity index (χ1v) is 10.8. The van der Waals surface area contributed by atoms with Gasteiger partial charge in [0.05, 0.1) is 32.1 Å². The third-order valence-corrected chi connectivity index (χ3v) is 6.42. The van der Waals surface area contributed by atoms with E-state index in [2.05, 4.69) is 31.5 Å². The molecule has 4 nitrogen and oxygen atoms in total. The van der Waals surface area contributed by atoms with Crippen LogP contribution in [0.4, 0.5) is 5.69 Å². The Morgan fingerprint density at radius 3 is 2.44 bits per heavy atom. The van der Waals surface area contributed by atoms with Crippen LogP contribution in [-0.2, 0) is 4.79 Å². The summed E-state index contributed by atoms with van der Waals surface area (Å²) in [5.74, 6) is -0.181. The second-order valence-corrected chi connectivity index (χ2v) is 10.4. The summed E-state index contributed by atoms with van der Waals surface area (Å²) in [4.78, 5) is 12.9. The third-order valence-electron chi connectivity index (χ3n) is 5.51. The van der Waals surface area contributed by atoms with Crippen LogP contribution in [0.3, 0.4) is 0 Å². The average molecular weight is 456 g/mol. The number of piperidine rings is 1. The van der Waals surface area contributed by atoms with Crippen LogP contribution in [0.25, 0.3) is 0 Å². The molecule has 2 N–H and O–H groups in total. The topological polar surface area (TPSA) is 41.1 Å². The van der Waals surface area contributed by atoms with Crippen molar-refractivity contribution in [1.82, 2.24) is 5.32 Å². The van der Waals surface area contributed by atoms with Crippen LogP contribution >= 0.6 is 46.4 Å². The lowest BCUT2D eigenvalue weighted by Crippen LogP contribution is -2.60. The molecule has 1 saturated heterocycles. The number of alkyl halides is 3. The summed E-state index contributed by atoms with van der Waals surface area (Å²) in [6, 6.07) is 7.56. The van der Waals surface area contributed by atoms with Gasteiger partial charge in [0.15, 0.2) is 0 Å². The molecule has 0 saturated carbocycles.